The molecule has 3 aliphatic rings. The van der Waals surface area contributed by atoms with Crippen molar-refractivity contribution in [3.8, 4) is 11.8 Å². The molecule has 1 aromatic heterocycles. The van der Waals surface area contributed by atoms with Crippen LogP contribution in [0.1, 0.15) is 61.0 Å². The molecule has 2 aromatic rings. The van der Waals surface area contributed by atoms with Crippen LogP contribution in [0, 0.1) is 16.7 Å². The molecule has 2 aliphatic carbocycles. The molecule has 0 radical (unpaired) electrons. The van der Waals surface area contributed by atoms with Crippen molar-refractivity contribution in [3.63, 3.8) is 0 Å². The monoisotopic (exact) mass is 529 g/mol. The fraction of sp³-hybridized carbons (Fsp3) is 0.556. The number of carbonyl (C=O) groups is 1. The summed E-state index contributed by atoms with van der Waals surface area (Å²) in [5.74, 6) is 1.60. The Bertz CT molecular complexity index is 1030. The standard InChI is InChI=1S/C13H14ClNO.C13H17N3O3.CH5N/c14-13-8-12(7-6-10(13)9-15)16-11-4-2-1-3-5-11;17-3-4-19-11-5-13(6-11)8-16(9-13)12-2-1-10(7-18)14-15-12;1-2/h6-8,11H,1-5H2;1-2,7,11,17H,3-6,8-9H2;2H2,1H3. The van der Waals surface area contributed by atoms with E-state index in [0.717, 1.165) is 50.3 Å². The third kappa shape index (κ3) is 7.86. The van der Waals surface area contributed by atoms with E-state index in [1.54, 1.807) is 18.2 Å². The molecule has 1 spiro atoms. The zero-order valence-electron chi connectivity index (χ0n) is 21.3. The molecule has 0 unspecified atom stereocenters. The summed E-state index contributed by atoms with van der Waals surface area (Å²) in [6.45, 7) is 2.47. The highest BCUT2D eigenvalue weighted by atomic mass is 35.5. The van der Waals surface area contributed by atoms with Crippen molar-refractivity contribution in [1.82, 2.24) is 10.2 Å². The molecule has 1 aliphatic heterocycles. The lowest BCUT2D eigenvalue weighted by molar-refractivity contribution is -0.0991. The van der Waals surface area contributed by atoms with Crippen LogP contribution in [0.15, 0.2) is 30.3 Å². The Morgan fingerprint density at radius 1 is 1.16 bits per heavy atom. The van der Waals surface area contributed by atoms with E-state index >= 15 is 0 Å². The van der Waals surface area contributed by atoms with E-state index in [-0.39, 0.29) is 6.61 Å². The van der Waals surface area contributed by atoms with Gasteiger partial charge in [-0.25, -0.2) is 0 Å². The van der Waals surface area contributed by atoms with Crippen molar-refractivity contribution in [2.24, 2.45) is 11.1 Å². The van der Waals surface area contributed by atoms with E-state index in [9.17, 15) is 4.79 Å². The van der Waals surface area contributed by atoms with Gasteiger partial charge in [-0.15, -0.1) is 10.2 Å². The first-order valence-electron chi connectivity index (χ1n) is 12.7. The van der Waals surface area contributed by atoms with Gasteiger partial charge in [-0.1, -0.05) is 18.0 Å². The maximum Gasteiger partial charge on any atom is 0.170 e. The molecule has 0 bridgehead atoms. The molecule has 5 rings (SSSR count). The molecule has 1 aromatic carbocycles. The van der Waals surface area contributed by atoms with Crippen LogP contribution in [-0.2, 0) is 4.74 Å². The number of carbonyl (C=O) groups excluding carboxylic acids is 1. The maximum absolute atomic E-state index is 10.5. The number of hydrogen-bond acceptors (Lipinski definition) is 9. The SMILES string of the molecule is CN.N#Cc1ccc(OC2CCCCC2)cc1Cl.O=Cc1ccc(N2CC3(CC(OCCO)C3)C2)nn1. The minimum absolute atomic E-state index is 0.0916. The molecule has 0 atom stereocenters. The number of aldehydes is 1. The minimum atomic E-state index is 0.0916. The van der Waals surface area contributed by atoms with Gasteiger partial charge >= 0.3 is 0 Å². The smallest absolute Gasteiger partial charge is 0.170 e. The molecule has 10 heteroatoms. The number of nitrogens with two attached hydrogens (primary N) is 1. The number of anilines is 1. The molecule has 2 saturated carbocycles. The Morgan fingerprint density at radius 2 is 1.89 bits per heavy atom. The van der Waals surface area contributed by atoms with Crippen molar-refractivity contribution >= 4 is 23.7 Å². The van der Waals surface area contributed by atoms with Gasteiger partial charge in [0.25, 0.3) is 0 Å². The largest absolute Gasteiger partial charge is 0.490 e. The molecule has 3 N–H and O–H groups in total. The lowest BCUT2D eigenvalue weighted by Crippen LogP contribution is -2.64. The fourth-order valence-electron chi connectivity index (χ4n) is 5.03. The molecule has 2 heterocycles. The number of ether oxygens (including phenoxy) is 2. The highest BCUT2D eigenvalue weighted by Gasteiger charge is 2.53. The van der Waals surface area contributed by atoms with Crippen molar-refractivity contribution < 1.29 is 19.4 Å². The Kier molecular flexibility index (Phi) is 11.1. The van der Waals surface area contributed by atoms with Crippen molar-refractivity contribution in [3.05, 3.63) is 46.6 Å². The van der Waals surface area contributed by atoms with Gasteiger partial charge in [-0.2, -0.15) is 5.26 Å². The third-order valence-corrected chi connectivity index (χ3v) is 7.16. The van der Waals surface area contributed by atoms with Crippen molar-refractivity contribution in [2.45, 2.75) is 57.2 Å². The highest BCUT2D eigenvalue weighted by Crippen LogP contribution is 2.50. The summed E-state index contributed by atoms with van der Waals surface area (Å²) in [7, 11) is 1.50. The summed E-state index contributed by atoms with van der Waals surface area (Å²) in [6, 6.07) is 10.8. The molecule has 37 heavy (non-hydrogen) atoms. The van der Waals surface area contributed by atoms with Gasteiger partial charge in [0.2, 0.25) is 0 Å². The Morgan fingerprint density at radius 3 is 2.46 bits per heavy atom. The first-order valence-corrected chi connectivity index (χ1v) is 13.1. The number of hydrogen-bond donors (Lipinski definition) is 2. The average molecular weight is 530 g/mol. The zero-order chi connectivity index (χ0) is 26.7. The summed E-state index contributed by atoms with van der Waals surface area (Å²) >= 11 is 5.94. The summed E-state index contributed by atoms with van der Waals surface area (Å²) in [4.78, 5) is 12.7. The third-order valence-electron chi connectivity index (χ3n) is 6.85. The number of aromatic nitrogens is 2. The van der Waals surface area contributed by atoms with Gasteiger partial charge < -0.3 is 25.2 Å². The van der Waals surface area contributed by atoms with Gasteiger partial charge in [0.05, 0.1) is 36.0 Å². The Hall–Kier alpha value is -2.77. The number of aliphatic hydroxyl groups is 1. The van der Waals surface area contributed by atoms with Gasteiger partial charge in [-0.05, 0) is 69.8 Å². The van der Waals surface area contributed by atoms with Gasteiger partial charge in [0, 0.05) is 24.6 Å². The van der Waals surface area contributed by atoms with Crippen molar-refractivity contribution in [1.29, 1.82) is 5.26 Å². The number of rotatable bonds is 7. The van der Waals surface area contributed by atoms with E-state index in [0.29, 0.717) is 46.8 Å². The number of nitriles is 1. The Balaban J connectivity index is 0.000000195. The first kappa shape index (κ1) is 28.8. The summed E-state index contributed by atoms with van der Waals surface area (Å²) in [5, 5.41) is 25.8. The van der Waals surface area contributed by atoms with Crippen LogP contribution in [-0.4, -0.2) is 67.1 Å². The van der Waals surface area contributed by atoms with Crippen LogP contribution in [0.25, 0.3) is 0 Å². The number of nitrogens with zero attached hydrogens (tertiary/aromatic N) is 4. The number of benzene rings is 1. The van der Waals surface area contributed by atoms with Gasteiger partial charge in [0.15, 0.2) is 12.1 Å². The molecule has 3 fully saturated rings. The van der Waals surface area contributed by atoms with Gasteiger partial charge in [-0.3, -0.25) is 4.79 Å². The molecule has 1 saturated heterocycles. The second-order valence-corrected chi connectivity index (χ2v) is 9.95. The van der Waals surface area contributed by atoms with E-state index < -0.39 is 0 Å². The normalized spacial score (nSPS) is 18.2. The van der Waals surface area contributed by atoms with Crippen LogP contribution in [0.2, 0.25) is 5.02 Å². The van der Waals surface area contributed by atoms with Crippen LogP contribution < -0.4 is 15.4 Å². The number of aliphatic hydroxyl groups excluding tert-OH is 1. The molecular formula is C27H36ClN5O4. The lowest BCUT2D eigenvalue weighted by Gasteiger charge is -2.59. The topological polar surface area (TPSA) is 135 Å². The minimum Gasteiger partial charge on any atom is -0.490 e. The van der Waals surface area contributed by atoms with E-state index in [1.165, 1.54) is 26.3 Å². The summed E-state index contributed by atoms with van der Waals surface area (Å²) < 4.78 is 11.3. The predicted octanol–water partition coefficient (Wildman–Crippen LogP) is 3.76. The molecule has 0 amide bonds. The molecular weight excluding hydrogens is 494 g/mol. The van der Waals surface area contributed by atoms with Crippen molar-refractivity contribution in [2.75, 3.05) is 38.3 Å². The quantitative estimate of drug-likeness (QED) is 0.514. The lowest BCUT2D eigenvalue weighted by atomic mass is 9.62. The number of halogens is 1. The Labute approximate surface area is 223 Å². The zero-order valence-corrected chi connectivity index (χ0v) is 22.1. The second-order valence-electron chi connectivity index (χ2n) is 9.55. The summed E-state index contributed by atoms with van der Waals surface area (Å²) in [5.41, 5.74) is 5.73. The van der Waals surface area contributed by atoms with Crippen LogP contribution in [0.3, 0.4) is 0 Å². The van der Waals surface area contributed by atoms with Crippen LogP contribution >= 0.6 is 11.6 Å². The first-order chi connectivity index (χ1) is 18.0. The van der Waals surface area contributed by atoms with Gasteiger partial charge in [0.1, 0.15) is 17.5 Å². The predicted molar refractivity (Wildman–Crippen MR) is 142 cm³/mol. The second kappa shape index (κ2) is 14.2. The van der Waals surface area contributed by atoms with E-state index in [1.807, 2.05) is 18.2 Å². The molecule has 9 nitrogen and oxygen atoms in total. The maximum atomic E-state index is 10.5. The molecule has 200 valence electrons. The van der Waals surface area contributed by atoms with Crippen LogP contribution in [0.4, 0.5) is 5.82 Å². The fourth-order valence-corrected chi connectivity index (χ4v) is 5.24. The average Bonchev–Trinajstić information content (AvgIpc) is 2.89. The highest BCUT2D eigenvalue weighted by molar-refractivity contribution is 6.31. The van der Waals surface area contributed by atoms with E-state index in [4.69, 9.17) is 31.4 Å². The van der Waals surface area contributed by atoms with E-state index in [2.05, 4.69) is 20.8 Å². The van der Waals surface area contributed by atoms with Crippen LogP contribution in [0.5, 0.6) is 5.75 Å². The summed E-state index contributed by atoms with van der Waals surface area (Å²) in [6.07, 6.45) is 9.48.